The first-order chi connectivity index (χ1) is 14.1. The molecule has 7 heteroatoms. The fourth-order valence-corrected chi connectivity index (χ4v) is 3.36. The van der Waals surface area contributed by atoms with E-state index < -0.39 is 11.6 Å². The summed E-state index contributed by atoms with van der Waals surface area (Å²) in [7, 11) is 0. The van der Waals surface area contributed by atoms with Gasteiger partial charge in [-0.2, -0.15) is 0 Å². The number of ether oxygens (including phenoxy) is 1. The number of nitrogens with one attached hydrogen (secondary N) is 2. The maximum absolute atomic E-state index is 11.5. The third-order valence-corrected chi connectivity index (χ3v) is 4.61. The van der Waals surface area contributed by atoms with Crippen molar-refractivity contribution in [3.63, 3.8) is 0 Å². The van der Waals surface area contributed by atoms with Crippen LogP contribution in [0.25, 0.3) is 10.9 Å². The number of aromatic nitrogens is 1. The van der Waals surface area contributed by atoms with E-state index in [-0.39, 0.29) is 5.91 Å². The van der Waals surface area contributed by atoms with E-state index in [0.29, 0.717) is 29.1 Å². The number of carbonyl (C=O) groups is 2. The fraction of sp³-hybridized carbons (Fsp3) is 0.261. The Morgan fingerprint density at radius 1 is 1.13 bits per heavy atom. The summed E-state index contributed by atoms with van der Waals surface area (Å²) in [6, 6.07) is 13.1. The summed E-state index contributed by atoms with van der Waals surface area (Å²) < 4.78 is 6.23. The monoisotopic (exact) mass is 407 g/mol. The Hall–Kier alpha value is -3.61. The van der Waals surface area contributed by atoms with Gasteiger partial charge in [0.25, 0.3) is 0 Å². The number of carboxylic acid groups (broad SMARTS) is 1. The van der Waals surface area contributed by atoms with E-state index in [9.17, 15) is 9.59 Å². The van der Waals surface area contributed by atoms with Crippen LogP contribution in [0.5, 0.6) is 11.5 Å². The molecule has 3 rings (SSSR count). The van der Waals surface area contributed by atoms with E-state index in [2.05, 4.69) is 15.6 Å². The maximum atomic E-state index is 11.5. The lowest BCUT2D eigenvalue weighted by molar-refractivity contribution is -0.114. The molecule has 1 heterocycles. The number of fused-ring (bicyclic) bond motifs is 1. The van der Waals surface area contributed by atoms with E-state index in [0.717, 1.165) is 16.5 Å². The standard InChI is InChI=1S/C23H25N3O4/c1-14-8-9-16(13-23(3,4)26-22(28)29)12-20(14)30-19-10-11-24-21-17(19)6-5-7-18(21)25-15(2)27/h5-12,26H,13H2,1-4H3,(H,25,27)(H,28,29). The van der Waals surface area contributed by atoms with Crippen molar-refractivity contribution in [2.24, 2.45) is 0 Å². The molecule has 30 heavy (non-hydrogen) atoms. The van der Waals surface area contributed by atoms with Crippen molar-refractivity contribution in [1.29, 1.82) is 0 Å². The smallest absolute Gasteiger partial charge is 0.405 e. The molecule has 3 N–H and O–H groups in total. The minimum absolute atomic E-state index is 0.170. The fourth-order valence-electron chi connectivity index (χ4n) is 3.36. The average molecular weight is 407 g/mol. The second kappa shape index (κ2) is 8.41. The van der Waals surface area contributed by atoms with Gasteiger partial charge in [0.2, 0.25) is 5.91 Å². The zero-order valence-corrected chi connectivity index (χ0v) is 17.4. The summed E-state index contributed by atoms with van der Waals surface area (Å²) in [5.74, 6) is 1.13. The minimum atomic E-state index is -1.05. The second-order valence-corrected chi connectivity index (χ2v) is 7.88. The molecular weight excluding hydrogens is 382 g/mol. The highest BCUT2D eigenvalue weighted by Gasteiger charge is 2.21. The SMILES string of the molecule is CC(=O)Nc1cccc2c(Oc3cc(CC(C)(C)NC(=O)O)ccc3C)ccnc12. The normalized spacial score (nSPS) is 11.2. The highest BCUT2D eigenvalue weighted by Crippen LogP contribution is 2.34. The van der Waals surface area contributed by atoms with Crippen LogP contribution in [-0.2, 0) is 11.2 Å². The molecule has 3 aromatic rings. The number of amides is 2. The molecule has 0 aliphatic heterocycles. The topological polar surface area (TPSA) is 101 Å². The van der Waals surface area contributed by atoms with Crippen LogP contribution in [-0.4, -0.2) is 27.6 Å². The lowest BCUT2D eigenvalue weighted by Crippen LogP contribution is -2.44. The third-order valence-electron chi connectivity index (χ3n) is 4.61. The van der Waals surface area contributed by atoms with Crippen molar-refractivity contribution >= 4 is 28.6 Å². The number of nitrogens with zero attached hydrogens (tertiary/aromatic N) is 1. The molecule has 0 aliphatic rings. The zero-order chi connectivity index (χ0) is 21.9. The first-order valence-corrected chi connectivity index (χ1v) is 9.58. The predicted molar refractivity (Wildman–Crippen MR) is 116 cm³/mol. The molecule has 7 nitrogen and oxygen atoms in total. The summed E-state index contributed by atoms with van der Waals surface area (Å²) in [5.41, 5.74) is 2.55. The van der Waals surface area contributed by atoms with Crippen LogP contribution >= 0.6 is 0 Å². The van der Waals surface area contributed by atoms with Crippen molar-refractivity contribution < 1.29 is 19.4 Å². The van der Waals surface area contributed by atoms with Crippen LogP contribution in [0.4, 0.5) is 10.5 Å². The summed E-state index contributed by atoms with van der Waals surface area (Å²) >= 11 is 0. The Morgan fingerprint density at radius 2 is 1.90 bits per heavy atom. The van der Waals surface area contributed by atoms with Gasteiger partial charge in [0.15, 0.2) is 0 Å². The number of carbonyl (C=O) groups excluding carboxylic acids is 1. The second-order valence-electron chi connectivity index (χ2n) is 7.88. The quantitative estimate of drug-likeness (QED) is 0.540. The van der Waals surface area contributed by atoms with Crippen LogP contribution < -0.4 is 15.4 Å². The third kappa shape index (κ3) is 5.05. The number of aryl methyl sites for hydroxylation is 1. The summed E-state index contributed by atoms with van der Waals surface area (Å²) in [6.45, 7) is 7.07. The number of pyridine rings is 1. The van der Waals surface area contributed by atoms with Crippen molar-refractivity contribution in [3.05, 3.63) is 59.8 Å². The lowest BCUT2D eigenvalue weighted by Gasteiger charge is -2.25. The molecule has 0 unspecified atom stereocenters. The van der Waals surface area contributed by atoms with E-state index in [1.54, 1.807) is 18.3 Å². The molecule has 0 spiro atoms. The van der Waals surface area contributed by atoms with Crippen LogP contribution in [0.15, 0.2) is 48.7 Å². The highest BCUT2D eigenvalue weighted by molar-refractivity contribution is 6.01. The van der Waals surface area contributed by atoms with Gasteiger partial charge in [-0.25, -0.2) is 4.79 Å². The molecule has 1 aromatic heterocycles. The van der Waals surface area contributed by atoms with Gasteiger partial charge in [-0.3, -0.25) is 9.78 Å². The summed E-state index contributed by atoms with van der Waals surface area (Å²) in [4.78, 5) is 26.9. The molecule has 0 saturated carbocycles. The van der Waals surface area contributed by atoms with Crippen molar-refractivity contribution in [1.82, 2.24) is 10.3 Å². The van der Waals surface area contributed by atoms with E-state index >= 15 is 0 Å². The Bertz CT molecular complexity index is 1110. The maximum Gasteiger partial charge on any atom is 0.405 e. The van der Waals surface area contributed by atoms with Gasteiger partial charge in [-0.15, -0.1) is 0 Å². The lowest BCUT2D eigenvalue weighted by atomic mass is 9.94. The predicted octanol–water partition coefficient (Wildman–Crippen LogP) is 4.88. The largest absolute Gasteiger partial charge is 0.465 e. The number of hydrogen-bond donors (Lipinski definition) is 3. The van der Waals surface area contributed by atoms with Crippen molar-refractivity contribution in [2.45, 2.75) is 39.7 Å². The van der Waals surface area contributed by atoms with Crippen molar-refractivity contribution in [3.8, 4) is 11.5 Å². The van der Waals surface area contributed by atoms with Gasteiger partial charge < -0.3 is 20.5 Å². The molecule has 0 saturated heterocycles. The Balaban J connectivity index is 1.94. The molecule has 2 amide bonds. The van der Waals surface area contributed by atoms with Crippen LogP contribution in [0.2, 0.25) is 0 Å². The molecule has 0 bridgehead atoms. The average Bonchev–Trinajstić information content (AvgIpc) is 2.63. The number of rotatable bonds is 6. The molecule has 2 aromatic carbocycles. The highest BCUT2D eigenvalue weighted by atomic mass is 16.5. The molecule has 156 valence electrons. The Kier molecular flexibility index (Phi) is 5.91. The van der Waals surface area contributed by atoms with Crippen LogP contribution in [0, 0.1) is 6.92 Å². The number of anilines is 1. The van der Waals surface area contributed by atoms with E-state index in [1.807, 2.05) is 51.1 Å². The number of benzene rings is 2. The summed E-state index contributed by atoms with van der Waals surface area (Å²) in [5, 5.41) is 15.1. The molecule has 0 radical (unpaired) electrons. The van der Waals surface area contributed by atoms with Crippen LogP contribution in [0.1, 0.15) is 31.9 Å². The van der Waals surface area contributed by atoms with Crippen molar-refractivity contribution in [2.75, 3.05) is 5.32 Å². The first kappa shape index (κ1) is 21.1. The van der Waals surface area contributed by atoms with Gasteiger partial charge in [0.05, 0.1) is 11.2 Å². The number of para-hydroxylation sites is 1. The van der Waals surface area contributed by atoms with E-state index in [4.69, 9.17) is 9.84 Å². The van der Waals surface area contributed by atoms with Gasteiger partial charge in [-0.05, 0) is 62.6 Å². The first-order valence-electron chi connectivity index (χ1n) is 9.58. The summed E-state index contributed by atoms with van der Waals surface area (Å²) in [6.07, 6.45) is 1.10. The van der Waals surface area contributed by atoms with Gasteiger partial charge in [-0.1, -0.05) is 18.2 Å². The van der Waals surface area contributed by atoms with Gasteiger partial charge >= 0.3 is 6.09 Å². The Labute approximate surface area is 175 Å². The zero-order valence-electron chi connectivity index (χ0n) is 17.4. The molecule has 0 fully saturated rings. The van der Waals surface area contributed by atoms with Gasteiger partial charge in [0, 0.05) is 24.0 Å². The molecular formula is C23H25N3O4. The Morgan fingerprint density at radius 3 is 2.60 bits per heavy atom. The minimum Gasteiger partial charge on any atom is -0.465 e. The molecule has 0 atom stereocenters. The van der Waals surface area contributed by atoms with Gasteiger partial charge in [0.1, 0.15) is 11.5 Å². The number of hydrogen-bond acceptors (Lipinski definition) is 4. The molecule has 0 aliphatic carbocycles. The van der Waals surface area contributed by atoms with E-state index in [1.165, 1.54) is 6.92 Å². The van der Waals surface area contributed by atoms with Crippen LogP contribution in [0.3, 0.4) is 0 Å².